The molecule has 3 aromatic rings. The molecule has 0 aliphatic rings. The first-order valence-electron chi connectivity index (χ1n) is 7.07. The smallest absolute Gasteiger partial charge is 0.193 e. The molecular weight excluding hydrogens is 282 g/mol. The number of fused-ring (bicyclic) bond motifs is 1. The molecule has 0 bridgehead atoms. The maximum atomic E-state index is 5.84. The molecule has 0 saturated heterocycles. The van der Waals surface area contributed by atoms with Crippen LogP contribution < -0.4 is 10.1 Å². The Morgan fingerprint density at radius 1 is 1.38 bits per heavy atom. The zero-order chi connectivity index (χ0) is 14.7. The Balaban J connectivity index is 1.61. The van der Waals surface area contributed by atoms with E-state index in [0.29, 0.717) is 12.6 Å². The van der Waals surface area contributed by atoms with E-state index >= 15 is 0 Å². The van der Waals surface area contributed by atoms with Crippen molar-refractivity contribution < 1.29 is 4.74 Å². The molecule has 0 spiro atoms. The highest BCUT2D eigenvalue weighted by Gasteiger charge is 2.04. The maximum Gasteiger partial charge on any atom is 0.193 e. The van der Waals surface area contributed by atoms with E-state index < -0.39 is 0 Å². The summed E-state index contributed by atoms with van der Waals surface area (Å²) in [5, 5.41) is 5.43. The lowest BCUT2D eigenvalue weighted by atomic mass is 10.2. The van der Waals surface area contributed by atoms with E-state index in [1.165, 1.54) is 5.56 Å². The lowest BCUT2D eigenvalue weighted by Gasteiger charge is -2.10. The monoisotopic (exact) mass is 301 g/mol. The summed E-state index contributed by atoms with van der Waals surface area (Å²) in [6, 6.07) is 8.67. The fourth-order valence-electron chi connectivity index (χ4n) is 2.07. The van der Waals surface area contributed by atoms with Crippen molar-refractivity contribution in [3.8, 4) is 5.75 Å². The van der Waals surface area contributed by atoms with Crippen LogP contribution in [0, 0.1) is 0 Å². The van der Waals surface area contributed by atoms with Crippen LogP contribution in [0.3, 0.4) is 0 Å². The third kappa shape index (κ3) is 3.62. The van der Waals surface area contributed by atoms with Crippen LogP contribution >= 0.6 is 11.3 Å². The van der Waals surface area contributed by atoms with Crippen molar-refractivity contribution in [3.63, 3.8) is 0 Å². The molecule has 0 saturated carbocycles. The Kier molecular flexibility index (Phi) is 4.22. The van der Waals surface area contributed by atoms with Crippen molar-refractivity contribution in [2.24, 2.45) is 0 Å². The molecule has 3 rings (SSSR count). The van der Waals surface area contributed by atoms with Gasteiger partial charge in [-0.25, -0.2) is 4.98 Å². The minimum absolute atomic E-state index is 0.480. The first-order chi connectivity index (χ1) is 10.2. The van der Waals surface area contributed by atoms with Gasteiger partial charge in [-0.3, -0.25) is 4.40 Å². The third-order valence-electron chi connectivity index (χ3n) is 3.14. The Bertz CT molecular complexity index is 688. The lowest BCUT2D eigenvalue weighted by molar-refractivity contribution is 0.301. The highest BCUT2D eigenvalue weighted by atomic mass is 32.1. The van der Waals surface area contributed by atoms with Crippen molar-refractivity contribution in [2.75, 3.05) is 0 Å². The van der Waals surface area contributed by atoms with Crippen LogP contribution in [-0.4, -0.2) is 15.4 Å². The molecule has 21 heavy (non-hydrogen) atoms. The second-order valence-corrected chi connectivity index (χ2v) is 6.17. The summed E-state index contributed by atoms with van der Waals surface area (Å²) in [6.45, 7) is 5.64. The normalized spacial score (nSPS) is 11.4. The Hall–Kier alpha value is -1.85. The molecule has 5 heteroatoms. The van der Waals surface area contributed by atoms with Gasteiger partial charge in [-0.1, -0.05) is 26.0 Å². The van der Waals surface area contributed by atoms with E-state index in [4.69, 9.17) is 4.74 Å². The van der Waals surface area contributed by atoms with Gasteiger partial charge in [0.1, 0.15) is 12.4 Å². The second-order valence-electron chi connectivity index (χ2n) is 5.30. The van der Waals surface area contributed by atoms with Gasteiger partial charge in [0.25, 0.3) is 0 Å². The molecule has 4 nitrogen and oxygen atoms in total. The summed E-state index contributed by atoms with van der Waals surface area (Å²) in [6.07, 6.45) is 4.02. The highest BCUT2D eigenvalue weighted by Crippen LogP contribution is 2.16. The van der Waals surface area contributed by atoms with E-state index in [2.05, 4.69) is 36.3 Å². The standard InChI is InChI=1S/C16H19N3OS/c1-12(2)17-9-13-4-3-5-15(8-13)20-11-14-10-19-6-7-21-16(19)18-14/h3-8,10,12,17H,9,11H2,1-2H3. The number of nitrogens with one attached hydrogen (secondary N) is 1. The second kappa shape index (κ2) is 6.28. The van der Waals surface area contributed by atoms with Crippen LogP contribution in [0.4, 0.5) is 0 Å². The van der Waals surface area contributed by atoms with Crippen LogP contribution in [0.1, 0.15) is 25.1 Å². The average Bonchev–Trinajstić information content (AvgIpc) is 3.04. The summed E-state index contributed by atoms with van der Waals surface area (Å²) in [7, 11) is 0. The number of rotatable bonds is 6. The molecule has 0 aliphatic heterocycles. The Morgan fingerprint density at radius 3 is 3.10 bits per heavy atom. The molecule has 0 atom stereocenters. The topological polar surface area (TPSA) is 38.6 Å². The molecule has 2 heterocycles. The summed E-state index contributed by atoms with van der Waals surface area (Å²) in [5.74, 6) is 0.884. The number of thiazole rings is 1. The number of aromatic nitrogens is 2. The van der Waals surface area contributed by atoms with E-state index in [-0.39, 0.29) is 0 Å². The predicted octanol–water partition coefficient (Wildman–Crippen LogP) is 3.47. The summed E-state index contributed by atoms with van der Waals surface area (Å²) in [5.41, 5.74) is 2.18. The van der Waals surface area contributed by atoms with Crippen molar-refractivity contribution in [2.45, 2.75) is 33.0 Å². The van der Waals surface area contributed by atoms with E-state index in [1.807, 2.05) is 34.3 Å². The molecule has 1 aromatic carbocycles. The third-order valence-corrected chi connectivity index (χ3v) is 3.91. The lowest BCUT2D eigenvalue weighted by Crippen LogP contribution is -2.21. The molecule has 0 radical (unpaired) electrons. The quantitative estimate of drug-likeness (QED) is 0.757. The van der Waals surface area contributed by atoms with E-state index in [0.717, 1.165) is 22.9 Å². The van der Waals surface area contributed by atoms with Gasteiger partial charge in [0.2, 0.25) is 0 Å². The van der Waals surface area contributed by atoms with Crippen molar-refractivity contribution >= 4 is 16.3 Å². The number of hydrogen-bond donors (Lipinski definition) is 1. The minimum Gasteiger partial charge on any atom is -0.487 e. The van der Waals surface area contributed by atoms with E-state index in [9.17, 15) is 0 Å². The number of benzene rings is 1. The van der Waals surface area contributed by atoms with Gasteiger partial charge in [0.15, 0.2) is 4.96 Å². The Morgan fingerprint density at radius 2 is 2.29 bits per heavy atom. The molecule has 0 unspecified atom stereocenters. The molecular formula is C16H19N3OS. The number of imidazole rings is 1. The van der Waals surface area contributed by atoms with Gasteiger partial charge in [-0.05, 0) is 17.7 Å². The fraction of sp³-hybridized carbons (Fsp3) is 0.312. The Labute approximate surface area is 128 Å². The van der Waals surface area contributed by atoms with E-state index in [1.54, 1.807) is 11.3 Å². The van der Waals surface area contributed by atoms with Crippen molar-refractivity contribution in [3.05, 3.63) is 53.3 Å². The van der Waals surface area contributed by atoms with Gasteiger partial charge in [-0.2, -0.15) is 0 Å². The molecule has 2 aromatic heterocycles. The van der Waals surface area contributed by atoms with Gasteiger partial charge in [-0.15, -0.1) is 11.3 Å². The average molecular weight is 301 g/mol. The summed E-state index contributed by atoms with van der Waals surface area (Å²) in [4.78, 5) is 5.52. The van der Waals surface area contributed by atoms with Crippen LogP contribution in [0.15, 0.2) is 42.0 Å². The number of hydrogen-bond acceptors (Lipinski definition) is 4. The van der Waals surface area contributed by atoms with Crippen LogP contribution in [0.2, 0.25) is 0 Å². The largest absolute Gasteiger partial charge is 0.487 e. The number of nitrogens with zero attached hydrogens (tertiary/aromatic N) is 2. The van der Waals surface area contributed by atoms with Gasteiger partial charge < -0.3 is 10.1 Å². The van der Waals surface area contributed by atoms with Crippen LogP contribution in [0.25, 0.3) is 4.96 Å². The molecule has 1 N–H and O–H groups in total. The number of ether oxygens (including phenoxy) is 1. The zero-order valence-corrected chi connectivity index (χ0v) is 13.1. The molecule has 0 amide bonds. The first-order valence-corrected chi connectivity index (χ1v) is 7.95. The zero-order valence-electron chi connectivity index (χ0n) is 12.2. The predicted molar refractivity (Wildman–Crippen MR) is 85.8 cm³/mol. The summed E-state index contributed by atoms with van der Waals surface area (Å²) < 4.78 is 7.86. The highest BCUT2D eigenvalue weighted by molar-refractivity contribution is 7.15. The van der Waals surface area contributed by atoms with Crippen LogP contribution in [-0.2, 0) is 13.2 Å². The molecule has 0 fully saturated rings. The summed E-state index contributed by atoms with van der Waals surface area (Å²) >= 11 is 1.63. The molecule has 0 aliphatic carbocycles. The minimum atomic E-state index is 0.480. The fourth-order valence-corrected chi connectivity index (χ4v) is 2.79. The van der Waals surface area contributed by atoms with Crippen molar-refractivity contribution in [1.29, 1.82) is 0 Å². The van der Waals surface area contributed by atoms with Crippen molar-refractivity contribution in [1.82, 2.24) is 14.7 Å². The SMILES string of the molecule is CC(C)NCc1cccc(OCc2cn3ccsc3n2)c1. The maximum absolute atomic E-state index is 5.84. The van der Waals surface area contributed by atoms with Gasteiger partial charge in [0.05, 0.1) is 5.69 Å². The van der Waals surface area contributed by atoms with Gasteiger partial charge in [0, 0.05) is 30.4 Å². The van der Waals surface area contributed by atoms with Crippen LogP contribution in [0.5, 0.6) is 5.75 Å². The van der Waals surface area contributed by atoms with Gasteiger partial charge >= 0.3 is 0 Å². The molecule has 110 valence electrons. The first kappa shape index (κ1) is 14.1.